The molecule has 1 fully saturated rings. The third-order valence-corrected chi connectivity index (χ3v) is 9.20. The second-order valence-electron chi connectivity index (χ2n) is 12.8. The van der Waals surface area contributed by atoms with Gasteiger partial charge in [-0.15, -0.1) is 0 Å². The first-order valence-corrected chi connectivity index (χ1v) is 16.0. The molecule has 6 bridgehead atoms. The third-order valence-electron chi connectivity index (χ3n) is 9.20. The first-order chi connectivity index (χ1) is 22.5. The smallest absolute Gasteiger partial charge is 0.310 e. The highest BCUT2D eigenvalue weighted by atomic mass is 19.2. The van der Waals surface area contributed by atoms with Crippen LogP contribution in [-0.4, -0.2) is 67.1 Å². The van der Waals surface area contributed by atoms with E-state index in [2.05, 4.69) is 22.8 Å². The quantitative estimate of drug-likeness (QED) is 0.173. The summed E-state index contributed by atoms with van der Waals surface area (Å²) in [5.74, 6) is -1.20. The van der Waals surface area contributed by atoms with Gasteiger partial charge in [-0.25, -0.2) is 13.8 Å². The Morgan fingerprint density at radius 1 is 1.13 bits per heavy atom. The standard InChI is InChI=1S/C37H41F2N3O5/c1-22(2)34-24(4)27(18-33(43)44-6)36-41-12-10-37(5,11-13-41)46-15-14-45-21-23(3)47-32-19-30(39)29(38)17-28(32)25-8-7-9-26(16-25)31-20-42(36)35(34)40-31/h7-9,16-17,19-20,23H,1,10-15,18,21H2,2-6H3/t23-/m0/s1. The molecule has 4 aromatic rings. The summed E-state index contributed by atoms with van der Waals surface area (Å²) in [6.07, 6.45) is 3.19. The van der Waals surface area contributed by atoms with Crippen LogP contribution in [0.5, 0.6) is 5.75 Å². The zero-order valence-electron chi connectivity index (χ0n) is 27.6. The van der Waals surface area contributed by atoms with E-state index in [1.165, 1.54) is 7.11 Å². The molecule has 10 heteroatoms. The van der Waals surface area contributed by atoms with Crippen molar-refractivity contribution in [2.45, 2.75) is 58.7 Å². The van der Waals surface area contributed by atoms with Gasteiger partial charge in [0.15, 0.2) is 11.6 Å². The number of hydrogen-bond donors (Lipinski definition) is 0. The molecule has 0 spiro atoms. The van der Waals surface area contributed by atoms with Crippen molar-refractivity contribution in [1.29, 1.82) is 0 Å². The van der Waals surface area contributed by atoms with Crippen LogP contribution in [0.4, 0.5) is 14.6 Å². The lowest BCUT2D eigenvalue weighted by atomic mass is 9.92. The van der Waals surface area contributed by atoms with E-state index in [4.69, 9.17) is 23.9 Å². The van der Waals surface area contributed by atoms with Crippen LogP contribution in [0.15, 0.2) is 49.2 Å². The molecule has 1 saturated heterocycles. The number of piperidine rings is 1. The van der Waals surface area contributed by atoms with E-state index in [1.807, 2.05) is 51.2 Å². The van der Waals surface area contributed by atoms with Gasteiger partial charge in [-0.05, 0) is 69.4 Å². The monoisotopic (exact) mass is 645 g/mol. The molecule has 2 aromatic carbocycles. The molecule has 0 amide bonds. The molecule has 0 unspecified atom stereocenters. The maximum Gasteiger partial charge on any atom is 0.310 e. The number of halogens is 2. The van der Waals surface area contributed by atoms with Crippen molar-refractivity contribution < 1.29 is 32.5 Å². The molecule has 0 radical (unpaired) electrons. The van der Waals surface area contributed by atoms with Crippen LogP contribution >= 0.6 is 0 Å². The Hall–Kier alpha value is -4.28. The number of hydrogen-bond acceptors (Lipinski definition) is 7. The molecule has 1 atom stereocenters. The predicted octanol–water partition coefficient (Wildman–Crippen LogP) is 7.18. The van der Waals surface area contributed by atoms with Crippen molar-refractivity contribution in [3.8, 4) is 28.1 Å². The van der Waals surface area contributed by atoms with Gasteiger partial charge in [-0.1, -0.05) is 24.8 Å². The van der Waals surface area contributed by atoms with Crippen LogP contribution in [-0.2, 0) is 25.4 Å². The number of methoxy groups -OCH3 is 1. The van der Waals surface area contributed by atoms with Gasteiger partial charge in [0.2, 0.25) is 0 Å². The number of benzene rings is 2. The molecule has 47 heavy (non-hydrogen) atoms. The van der Waals surface area contributed by atoms with E-state index in [1.54, 1.807) is 0 Å². The fourth-order valence-electron chi connectivity index (χ4n) is 6.65. The first-order valence-electron chi connectivity index (χ1n) is 16.0. The molecule has 7 rings (SSSR count). The summed E-state index contributed by atoms with van der Waals surface area (Å²) < 4.78 is 54.6. The number of esters is 1. The number of allylic oxidation sites excluding steroid dienone is 1. The number of fused-ring (bicyclic) bond motifs is 8. The highest BCUT2D eigenvalue weighted by molar-refractivity contribution is 5.85. The van der Waals surface area contributed by atoms with Gasteiger partial charge >= 0.3 is 5.97 Å². The summed E-state index contributed by atoms with van der Waals surface area (Å²) in [5.41, 5.74) is 6.35. The van der Waals surface area contributed by atoms with E-state index in [-0.39, 0.29) is 30.3 Å². The highest BCUT2D eigenvalue weighted by Crippen LogP contribution is 2.40. The number of nitrogens with zero attached hydrogens (tertiary/aromatic N) is 3. The molecule has 0 saturated carbocycles. The van der Waals surface area contributed by atoms with Gasteiger partial charge in [0.05, 0.1) is 44.6 Å². The second kappa shape index (κ2) is 13.1. The number of pyridine rings is 1. The molecule has 8 nitrogen and oxygen atoms in total. The van der Waals surface area contributed by atoms with Gasteiger partial charge in [-0.3, -0.25) is 9.20 Å². The Kier molecular flexibility index (Phi) is 9.09. The van der Waals surface area contributed by atoms with Crippen LogP contribution in [0, 0.1) is 18.6 Å². The van der Waals surface area contributed by atoms with Gasteiger partial charge in [0, 0.05) is 47.6 Å². The average Bonchev–Trinajstić information content (AvgIpc) is 3.47. The van der Waals surface area contributed by atoms with Gasteiger partial charge in [0.25, 0.3) is 0 Å². The van der Waals surface area contributed by atoms with Gasteiger partial charge < -0.3 is 23.8 Å². The zero-order valence-corrected chi connectivity index (χ0v) is 27.6. The summed E-state index contributed by atoms with van der Waals surface area (Å²) in [6.45, 7) is 14.6. The minimum absolute atomic E-state index is 0.0931. The average molecular weight is 646 g/mol. The zero-order chi connectivity index (χ0) is 33.5. The van der Waals surface area contributed by atoms with E-state index < -0.39 is 17.7 Å². The van der Waals surface area contributed by atoms with Crippen molar-refractivity contribution in [2.75, 3.05) is 44.9 Å². The van der Waals surface area contributed by atoms with E-state index in [9.17, 15) is 13.6 Å². The maximum atomic E-state index is 14.6. The minimum Gasteiger partial charge on any atom is -0.488 e. The Morgan fingerprint density at radius 3 is 2.57 bits per heavy atom. The molecule has 2 aromatic heterocycles. The predicted molar refractivity (Wildman–Crippen MR) is 178 cm³/mol. The summed E-state index contributed by atoms with van der Waals surface area (Å²) >= 11 is 0. The molecule has 0 N–H and O–H groups in total. The molecule has 3 aliphatic heterocycles. The van der Waals surface area contributed by atoms with Crippen molar-refractivity contribution in [3.63, 3.8) is 0 Å². The lowest BCUT2D eigenvalue weighted by Crippen LogP contribution is -2.45. The minimum atomic E-state index is -0.993. The number of anilines is 1. The Bertz CT molecular complexity index is 1840. The van der Waals surface area contributed by atoms with Crippen LogP contribution in [0.25, 0.3) is 33.6 Å². The van der Waals surface area contributed by atoms with Crippen LogP contribution in [0.1, 0.15) is 50.3 Å². The normalized spacial score (nSPS) is 20.1. The first kappa shape index (κ1) is 32.7. The molecule has 0 aliphatic carbocycles. The Morgan fingerprint density at radius 2 is 1.85 bits per heavy atom. The molecule has 3 aliphatic rings. The number of ether oxygens (including phenoxy) is 4. The number of imidazole rings is 1. The van der Waals surface area contributed by atoms with E-state index in [0.717, 1.165) is 64.3 Å². The fraction of sp³-hybridized carbons (Fsp3) is 0.405. The summed E-state index contributed by atoms with van der Waals surface area (Å²) in [6, 6.07) is 9.75. The van der Waals surface area contributed by atoms with Crippen LogP contribution < -0.4 is 9.64 Å². The topological polar surface area (TPSA) is 74.5 Å². The number of carbonyl (C=O) groups is 1. The number of aromatic nitrogens is 2. The lowest BCUT2D eigenvalue weighted by Gasteiger charge is -2.41. The van der Waals surface area contributed by atoms with Crippen molar-refractivity contribution in [1.82, 2.24) is 9.38 Å². The lowest BCUT2D eigenvalue weighted by molar-refractivity contribution is -0.139. The molecular formula is C37H41F2N3O5. The summed E-state index contributed by atoms with van der Waals surface area (Å²) in [5, 5.41) is 0. The molecular weight excluding hydrogens is 604 g/mol. The number of rotatable bonds is 3. The largest absolute Gasteiger partial charge is 0.488 e. The Labute approximate surface area is 273 Å². The highest BCUT2D eigenvalue weighted by Gasteiger charge is 2.34. The molecule has 248 valence electrons. The van der Waals surface area contributed by atoms with Crippen molar-refractivity contribution >= 4 is 23.0 Å². The van der Waals surface area contributed by atoms with Crippen molar-refractivity contribution in [2.24, 2.45) is 0 Å². The van der Waals surface area contributed by atoms with E-state index in [0.29, 0.717) is 43.1 Å². The maximum absolute atomic E-state index is 14.6. The third kappa shape index (κ3) is 6.49. The Balaban J connectivity index is 1.57. The van der Waals surface area contributed by atoms with Crippen LogP contribution in [0.3, 0.4) is 0 Å². The fourth-order valence-corrected chi connectivity index (χ4v) is 6.65. The van der Waals surface area contributed by atoms with Crippen LogP contribution in [0.2, 0.25) is 0 Å². The van der Waals surface area contributed by atoms with Gasteiger partial charge in [-0.2, -0.15) is 0 Å². The number of carbonyl (C=O) groups excluding carboxylic acids is 1. The van der Waals surface area contributed by atoms with Gasteiger partial charge in [0.1, 0.15) is 23.3 Å². The van der Waals surface area contributed by atoms with E-state index >= 15 is 0 Å². The van der Waals surface area contributed by atoms with Crippen molar-refractivity contribution in [3.05, 3.63) is 77.5 Å². The second-order valence-corrected chi connectivity index (χ2v) is 12.8. The SMILES string of the molecule is C=C(C)c1c(C)c(CC(=O)OC)c2n3cc(nc13)-c1cccc(c1)-c1cc(F)c(F)cc1O[C@@H](C)COCCOC1(C)CCN2CC1. The molecule has 5 heterocycles. The summed E-state index contributed by atoms with van der Waals surface area (Å²) in [7, 11) is 1.40. The summed E-state index contributed by atoms with van der Waals surface area (Å²) in [4.78, 5) is 20.2.